The molecule has 0 saturated heterocycles. The van der Waals surface area contributed by atoms with Crippen LogP contribution in [0.5, 0.6) is 0 Å². The van der Waals surface area contributed by atoms with Crippen molar-refractivity contribution in [2.24, 2.45) is 11.7 Å². The maximum atomic E-state index is 12.3. The summed E-state index contributed by atoms with van der Waals surface area (Å²) in [5.41, 5.74) is 5.81. The number of carbonyl (C=O) groups excluding carboxylic acids is 1. The zero-order valence-electron chi connectivity index (χ0n) is 11.2. The number of rotatable bonds is 7. The molecular weight excluding hydrogens is 254 g/mol. The zero-order chi connectivity index (χ0) is 14.3. The first-order chi connectivity index (χ1) is 9.02. The third-order valence-corrected chi connectivity index (χ3v) is 3.74. The molecule has 0 bridgehead atoms. The Hall–Kier alpha value is -0.750. The maximum Gasteiger partial charge on any atom is 0.255 e. The number of alkyl halides is 2. The van der Waals surface area contributed by atoms with E-state index in [0.717, 1.165) is 37.0 Å². The summed E-state index contributed by atoms with van der Waals surface area (Å²) in [5.74, 6) is 0.190. The van der Waals surface area contributed by atoms with E-state index in [0.29, 0.717) is 5.92 Å². The van der Waals surface area contributed by atoms with Crippen molar-refractivity contribution in [3.8, 4) is 0 Å². The summed E-state index contributed by atoms with van der Waals surface area (Å²) >= 11 is 0. The van der Waals surface area contributed by atoms with Gasteiger partial charge in [-0.2, -0.15) is 0 Å². The van der Waals surface area contributed by atoms with Crippen LogP contribution in [-0.2, 0) is 4.79 Å². The van der Waals surface area contributed by atoms with E-state index in [1.807, 2.05) is 0 Å². The normalized spacial score (nSPS) is 23.6. The van der Waals surface area contributed by atoms with Gasteiger partial charge in [-0.15, -0.1) is 0 Å². The number of aliphatic hydroxyl groups is 1. The van der Waals surface area contributed by atoms with Gasteiger partial charge < -0.3 is 15.7 Å². The molecule has 0 spiro atoms. The molecule has 1 aliphatic rings. The summed E-state index contributed by atoms with van der Waals surface area (Å²) in [6.07, 6.45) is 2.46. The number of aliphatic hydroxyl groups excluding tert-OH is 1. The lowest BCUT2D eigenvalue weighted by Gasteiger charge is -2.27. The van der Waals surface area contributed by atoms with Gasteiger partial charge in [-0.3, -0.25) is 4.79 Å². The van der Waals surface area contributed by atoms with Crippen LogP contribution in [-0.4, -0.2) is 48.1 Å². The summed E-state index contributed by atoms with van der Waals surface area (Å²) in [4.78, 5) is 12.9. The fourth-order valence-corrected chi connectivity index (χ4v) is 2.57. The van der Waals surface area contributed by atoms with Crippen LogP contribution in [0.1, 0.15) is 38.5 Å². The SMILES string of the molecule is NC1CCC(CCC(=O)N(CCO)CC(F)F)CC1. The highest BCUT2D eigenvalue weighted by Crippen LogP contribution is 2.27. The van der Waals surface area contributed by atoms with Gasteiger partial charge in [-0.25, -0.2) is 8.78 Å². The number of carbonyl (C=O) groups is 1. The van der Waals surface area contributed by atoms with Gasteiger partial charge in [0.15, 0.2) is 0 Å². The summed E-state index contributed by atoms with van der Waals surface area (Å²) in [6, 6.07) is 0.275. The molecule has 6 heteroatoms. The van der Waals surface area contributed by atoms with Crippen molar-refractivity contribution in [3.63, 3.8) is 0 Å². The summed E-state index contributed by atoms with van der Waals surface area (Å²) in [7, 11) is 0. The lowest BCUT2D eigenvalue weighted by atomic mass is 9.84. The molecule has 0 aromatic rings. The summed E-state index contributed by atoms with van der Waals surface area (Å²) < 4.78 is 24.6. The van der Waals surface area contributed by atoms with E-state index in [1.54, 1.807) is 0 Å². The van der Waals surface area contributed by atoms with Crippen LogP contribution >= 0.6 is 0 Å². The highest BCUT2D eigenvalue weighted by molar-refractivity contribution is 5.76. The monoisotopic (exact) mass is 278 g/mol. The van der Waals surface area contributed by atoms with Crippen molar-refractivity contribution < 1.29 is 18.7 Å². The topological polar surface area (TPSA) is 66.6 Å². The molecule has 4 nitrogen and oxygen atoms in total. The number of hydrogen-bond acceptors (Lipinski definition) is 3. The van der Waals surface area contributed by atoms with Gasteiger partial charge in [0, 0.05) is 19.0 Å². The van der Waals surface area contributed by atoms with Crippen LogP contribution in [0.2, 0.25) is 0 Å². The zero-order valence-corrected chi connectivity index (χ0v) is 11.2. The standard InChI is InChI=1S/C13H24F2N2O2/c14-12(15)9-17(7-8-18)13(19)6-3-10-1-4-11(16)5-2-10/h10-12,18H,1-9,16H2. The molecule has 0 aromatic carbocycles. The van der Waals surface area contributed by atoms with Gasteiger partial charge in [0.1, 0.15) is 0 Å². The third-order valence-electron chi connectivity index (χ3n) is 3.74. The Morgan fingerprint density at radius 3 is 2.47 bits per heavy atom. The number of nitrogens with two attached hydrogens (primary N) is 1. The van der Waals surface area contributed by atoms with Crippen LogP contribution in [0.4, 0.5) is 8.78 Å². The van der Waals surface area contributed by atoms with Crippen molar-refractivity contribution in [1.82, 2.24) is 4.90 Å². The second-order valence-electron chi connectivity index (χ2n) is 5.27. The molecule has 3 N–H and O–H groups in total. The molecular formula is C13H24F2N2O2. The van der Waals surface area contributed by atoms with Crippen molar-refractivity contribution >= 4 is 5.91 Å². The number of amides is 1. The van der Waals surface area contributed by atoms with E-state index in [9.17, 15) is 13.6 Å². The first-order valence-corrected chi connectivity index (χ1v) is 6.95. The van der Waals surface area contributed by atoms with Crippen LogP contribution in [0.15, 0.2) is 0 Å². The Morgan fingerprint density at radius 1 is 1.32 bits per heavy atom. The van der Waals surface area contributed by atoms with Gasteiger partial charge in [0.25, 0.3) is 6.43 Å². The lowest BCUT2D eigenvalue weighted by molar-refractivity contribution is -0.134. The molecule has 0 unspecified atom stereocenters. The van der Waals surface area contributed by atoms with E-state index in [-0.39, 0.29) is 31.5 Å². The van der Waals surface area contributed by atoms with Crippen molar-refractivity contribution in [2.45, 2.75) is 51.0 Å². The van der Waals surface area contributed by atoms with E-state index >= 15 is 0 Å². The largest absolute Gasteiger partial charge is 0.395 e. The number of halogens is 2. The predicted molar refractivity (Wildman–Crippen MR) is 68.8 cm³/mol. The smallest absolute Gasteiger partial charge is 0.255 e. The Kier molecular flexibility index (Phi) is 7.23. The first-order valence-electron chi connectivity index (χ1n) is 6.95. The number of hydrogen-bond donors (Lipinski definition) is 2. The van der Waals surface area contributed by atoms with Crippen molar-refractivity contribution in [1.29, 1.82) is 0 Å². The predicted octanol–water partition coefficient (Wildman–Crippen LogP) is 1.37. The average molecular weight is 278 g/mol. The van der Waals surface area contributed by atoms with Crippen LogP contribution < -0.4 is 5.73 Å². The molecule has 1 rings (SSSR count). The van der Waals surface area contributed by atoms with Crippen LogP contribution in [0, 0.1) is 5.92 Å². The summed E-state index contributed by atoms with van der Waals surface area (Å²) in [5, 5.41) is 8.79. The fraction of sp³-hybridized carbons (Fsp3) is 0.923. The Bertz CT molecular complexity index is 269. The third kappa shape index (κ3) is 6.29. The van der Waals surface area contributed by atoms with E-state index in [2.05, 4.69) is 0 Å². The quantitative estimate of drug-likeness (QED) is 0.739. The van der Waals surface area contributed by atoms with Crippen molar-refractivity contribution in [3.05, 3.63) is 0 Å². The molecule has 0 aliphatic heterocycles. The molecule has 1 amide bonds. The summed E-state index contributed by atoms with van der Waals surface area (Å²) in [6.45, 7) is -0.885. The highest BCUT2D eigenvalue weighted by Gasteiger charge is 2.22. The first kappa shape index (κ1) is 16.3. The van der Waals surface area contributed by atoms with Crippen molar-refractivity contribution in [2.75, 3.05) is 19.7 Å². The molecule has 0 atom stereocenters. The van der Waals surface area contributed by atoms with Crippen LogP contribution in [0.3, 0.4) is 0 Å². The van der Waals surface area contributed by atoms with Gasteiger partial charge in [0.05, 0.1) is 13.2 Å². The fourth-order valence-electron chi connectivity index (χ4n) is 2.57. The van der Waals surface area contributed by atoms with Gasteiger partial charge in [-0.1, -0.05) is 0 Å². The second kappa shape index (κ2) is 8.43. The molecule has 1 fully saturated rings. The Balaban J connectivity index is 2.31. The molecule has 112 valence electrons. The maximum absolute atomic E-state index is 12.3. The van der Waals surface area contributed by atoms with Gasteiger partial charge >= 0.3 is 0 Å². The molecule has 1 aliphatic carbocycles. The second-order valence-corrected chi connectivity index (χ2v) is 5.27. The molecule has 19 heavy (non-hydrogen) atoms. The molecule has 1 saturated carbocycles. The number of nitrogens with zero attached hydrogens (tertiary/aromatic N) is 1. The Labute approximate surface area is 112 Å². The molecule has 0 heterocycles. The lowest BCUT2D eigenvalue weighted by Crippen LogP contribution is -2.37. The van der Waals surface area contributed by atoms with Gasteiger partial charge in [-0.05, 0) is 38.0 Å². The van der Waals surface area contributed by atoms with E-state index < -0.39 is 13.0 Å². The highest BCUT2D eigenvalue weighted by atomic mass is 19.3. The minimum atomic E-state index is -2.55. The minimum Gasteiger partial charge on any atom is -0.395 e. The van der Waals surface area contributed by atoms with E-state index in [1.165, 1.54) is 0 Å². The molecule has 0 aromatic heterocycles. The Morgan fingerprint density at radius 2 is 1.95 bits per heavy atom. The van der Waals surface area contributed by atoms with E-state index in [4.69, 9.17) is 10.8 Å². The van der Waals surface area contributed by atoms with Crippen LogP contribution in [0.25, 0.3) is 0 Å². The average Bonchev–Trinajstić information content (AvgIpc) is 2.37. The van der Waals surface area contributed by atoms with Gasteiger partial charge in [0.2, 0.25) is 5.91 Å². The minimum absolute atomic E-state index is 0.0152. The molecule has 0 radical (unpaired) electrons.